The zero-order valence-electron chi connectivity index (χ0n) is 21.6. The molecular weight excluding hydrogens is 525 g/mol. The highest BCUT2D eigenvalue weighted by Crippen LogP contribution is 2.20. The number of nitrogens with zero attached hydrogens (tertiary/aromatic N) is 3. The Morgan fingerprint density at radius 3 is 2.59 bits per heavy atom. The van der Waals surface area contributed by atoms with E-state index >= 15 is 0 Å². The summed E-state index contributed by atoms with van der Waals surface area (Å²) in [5.74, 6) is -2.27. The molecule has 3 aromatic rings. The van der Waals surface area contributed by atoms with Gasteiger partial charge in [-0.2, -0.15) is 4.31 Å². The summed E-state index contributed by atoms with van der Waals surface area (Å²) in [5, 5.41) is 5.40. The molecule has 1 fully saturated rings. The number of hydrogen-bond donors (Lipinski definition) is 2. The predicted octanol–water partition coefficient (Wildman–Crippen LogP) is 2.45. The number of Topliss-reactive ketones (excluding diaryl/α,β-unsaturated/α-hetero) is 1. The highest BCUT2D eigenvalue weighted by Gasteiger charge is 2.34. The van der Waals surface area contributed by atoms with Gasteiger partial charge in [-0.25, -0.2) is 17.8 Å². The summed E-state index contributed by atoms with van der Waals surface area (Å²) in [6, 6.07) is 9.81. The Morgan fingerprint density at radius 2 is 1.87 bits per heavy atom. The number of rotatable bonds is 8. The minimum Gasteiger partial charge on any atom is -0.344 e. The smallest absolute Gasteiger partial charge is 0.272 e. The Hall–Kier alpha value is -3.77. The summed E-state index contributed by atoms with van der Waals surface area (Å²) >= 11 is 0. The van der Waals surface area contributed by atoms with Crippen LogP contribution in [0.4, 0.5) is 4.39 Å². The number of benzene rings is 2. The average molecular weight is 556 g/mol. The van der Waals surface area contributed by atoms with E-state index in [4.69, 9.17) is 0 Å². The number of aromatic nitrogens is 2. The van der Waals surface area contributed by atoms with Crippen LogP contribution in [0.3, 0.4) is 0 Å². The van der Waals surface area contributed by atoms with Gasteiger partial charge in [0, 0.05) is 6.54 Å². The summed E-state index contributed by atoms with van der Waals surface area (Å²) in [6.07, 6.45) is 2.17. The SMILES string of the molecule is CC(C)CC(NC(=O)c1cnc2ccccc2n1)C(=O)N[C@H]1CCCN(S(=O)(=O)c2cccc(F)c2)CC1=O. The molecule has 0 spiro atoms. The van der Waals surface area contributed by atoms with E-state index in [2.05, 4.69) is 20.6 Å². The molecule has 1 aliphatic rings. The number of ketones is 1. The summed E-state index contributed by atoms with van der Waals surface area (Å²) in [7, 11) is -4.10. The van der Waals surface area contributed by atoms with Crippen LogP contribution in [0.15, 0.2) is 59.6 Å². The van der Waals surface area contributed by atoms with Crippen LogP contribution in [-0.2, 0) is 19.6 Å². The van der Waals surface area contributed by atoms with Gasteiger partial charge in [0.15, 0.2) is 5.78 Å². The normalized spacial score (nSPS) is 17.5. The van der Waals surface area contributed by atoms with Crippen molar-refractivity contribution < 1.29 is 27.2 Å². The molecule has 206 valence electrons. The van der Waals surface area contributed by atoms with Crippen molar-refractivity contribution in [3.8, 4) is 0 Å². The molecule has 0 radical (unpaired) electrons. The van der Waals surface area contributed by atoms with Crippen LogP contribution in [0.1, 0.15) is 43.6 Å². The highest BCUT2D eigenvalue weighted by atomic mass is 32.2. The van der Waals surface area contributed by atoms with Crippen molar-refractivity contribution >= 4 is 38.7 Å². The molecule has 2 aromatic carbocycles. The standard InChI is InChI=1S/C27H30FN5O5S/c1-17(2)13-23(32-27(36)24-15-29-20-9-3-4-10-21(20)30-24)26(35)31-22-11-6-12-33(16-25(22)34)39(37,38)19-8-5-7-18(28)14-19/h3-5,7-10,14-15,17,22-23H,6,11-13,16H2,1-2H3,(H,31,35)(H,32,36)/t22-,23?/m0/s1. The Morgan fingerprint density at radius 1 is 1.13 bits per heavy atom. The predicted molar refractivity (Wildman–Crippen MR) is 142 cm³/mol. The van der Waals surface area contributed by atoms with Gasteiger partial charge in [-0.05, 0) is 55.5 Å². The van der Waals surface area contributed by atoms with E-state index in [1.165, 1.54) is 18.3 Å². The lowest BCUT2D eigenvalue weighted by Gasteiger charge is -2.23. The van der Waals surface area contributed by atoms with Crippen molar-refractivity contribution in [1.29, 1.82) is 0 Å². The number of sulfonamides is 1. The first-order valence-electron chi connectivity index (χ1n) is 12.7. The van der Waals surface area contributed by atoms with Crippen molar-refractivity contribution in [3.05, 3.63) is 66.2 Å². The molecule has 1 unspecified atom stereocenters. The van der Waals surface area contributed by atoms with Crippen LogP contribution in [0.25, 0.3) is 11.0 Å². The third-order valence-electron chi connectivity index (χ3n) is 6.38. The maximum Gasteiger partial charge on any atom is 0.272 e. The fourth-order valence-corrected chi connectivity index (χ4v) is 5.88. The van der Waals surface area contributed by atoms with Crippen LogP contribution in [0.2, 0.25) is 0 Å². The van der Waals surface area contributed by atoms with Gasteiger partial charge in [0.1, 0.15) is 17.6 Å². The lowest BCUT2D eigenvalue weighted by Crippen LogP contribution is -2.52. The summed E-state index contributed by atoms with van der Waals surface area (Å²) in [6.45, 7) is 3.38. The van der Waals surface area contributed by atoms with Crippen LogP contribution in [0.5, 0.6) is 0 Å². The van der Waals surface area contributed by atoms with Crippen LogP contribution in [0, 0.1) is 11.7 Å². The molecule has 4 rings (SSSR count). The molecule has 1 saturated heterocycles. The third kappa shape index (κ3) is 6.82. The monoisotopic (exact) mass is 555 g/mol. The minimum absolute atomic E-state index is 0.0421. The minimum atomic E-state index is -4.10. The number of carbonyl (C=O) groups excluding carboxylic acids is 3. The van der Waals surface area contributed by atoms with Gasteiger partial charge >= 0.3 is 0 Å². The number of amides is 2. The molecule has 12 heteroatoms. The Labute approximate surface area is 226 Å². The first-order chi connectivity index (χ1) is 18.5. The van der Waals surface area contributed by atoms with E-state index in [-0.39, 0.29) is 29.5 Å². The van der Waals surface area contributed by atoms with Gasteiger partial charge in [0.05, 0.1) is 34.7 Å². The van der Waals surface area contributed by atoms with Crippen molar-refractivity contribution in [2.45, 2.75) is 50.1 Å². The molecule has 1 aliphatic heterocycles. The van der Waals surface area contributed by atoms with Gasteiger partial charge in [-0.15, -0.1) is 0 Å². The Balaban J connectivity index is 1.45. The zero-order chi connectivity index (χ0) is 28.2. The fourth-order valence-electron chi connectivity index (χ4n) is 4.40. The molecule has 0 bridgehead atoms. The van der Waals surface area contributed by atoms with Gasteiger partial charge in [0.2, 0.25) is 15.9 Å². The van der Waals surface area contributed by atoms with Gasteiger partial charge in [-0.1, -0.05) is 32.0 Å². The lowest BCUT2D eigenvalue weighted by molar-refractivity contribution is -0.129. The summed E-state index contributed by atoms with van der Waals surface area (Å²) in [4.78, 5) is 47.5. The second-order valence-electron chi connectivity index (χ2n) is 9.87. The summed E-state index contributed by atoms with van der Waals surface area (Å²) in [5.41, 5.74) is 1.22. The molecule has 2 amide bonds. The topological polar surface area (TPSA) is 138 Å². The molecule has 39 heavy (non-hydrogen) atoms. The van der Waals surface area contributed by atoms with Crippen molar-refractivity contribution in [2.75, 3.05) is 13.1 Å². The highest BCUT2D eigenvalue weighted by molar-refractivity contribution is 7.89. The zero-order valence-corrected chi connectivity index (χ0v) is 22.4. The number of fused-ring (bicyclic) bond motifs is 1. The van der Waals surface area contributed by atoms with Crippen LogP contribution >= 0.6 is 0 Å². The average Bonchev–Trinajstić information content (AvgIpc) is 3.09. The number of nitrogens with one attached hydrogen (secondary N) is 2. The fraction of sp³-hybridized carbons (Fsp3) is 0.370. The molecular formula is C27H30FN5O5S. The first-order valence-corrected chi connectivity index (χ1v) is 14.1. The van der Waals surface area contributed by atoms with E-state index in [9.17, 15) is 27.2 Å². The van der Waals surface area contributed by atoms with E-state index in [1.54, 1.807) is 18.2 Å². The van der Waals surface area contributed by atoms with Gasteiger partial charge < -0.3 is 10.6 Å². The van der Waals surface area contributed by atoms with E-state index in [0.29, 0.717) is 23.9 Å². The van der Waals surface area contributed by atoms with Crippen molar-refractivity contribution in [3.63, 3.8) is 0 Å². The number of carbonyl (C=O) groups is 3. The van der Waals surface area contributed by atoms with E-state index in [1.807, 2.05) is 19.9 Å². The van der Waals surface area contributed by atoms with E-state index < -0.39 is 52.1 Å². The largest absolute Gasteiger partial charge is 0.344 e. The first kappa shape index (κ1) is 28.2. The Kier molecular flexibility index (Phi) is 8.66. The van der Waals surface area contributed by atoms with Crippen LogP contribution < -0.4 is 10.6 Å². The molecule has 2 heterocycles. The van der Waals surface area contributed by atoms with Gasteiger partial charge in [-0.3, -0.25) is 19.4 Å². The summed E-state index contributed by atoms with van der Waals surface area (Å²) < 4.78 is 40.6. The number of halogens is 1. The van der Waals surface area contributed by atoms with E-state index in [0.717, 1.165) is 16.4 Å². The van der Waals surface area contributed by atoms with Gasteiger partial charge in [0.25, 0.3) is 5.91 Å². The number of para-hydroxylation sites is 2. The van der Waals surface area contributed by atoms with Crippen molar-refractivity contribution in [1.82, 2.24) is 24.9 Å². The van der Waals surface area contributed by atoms with Crippen molar-refractivity contribution in [2.24, 2.45) is 5.92 Å². The molecule has 1 aromatic heterocycles. The lowest BCUT2D eigenvalue weighted by atomic mass is 10.0. The maximum atomic E-state index is 13.6. The molecule has 0 saturated carbocycles. The molecule has 10 nitrogen and oxygen atoms in total. The quantitative estimate of drug-likeness (QED) is 0.435. The molecule has 0 aliphatic carbocycles. The molecule has 2 atom stereocenters. The second-order valence-corrected chi connectivity index (χ2v) is 11.8. The van der Waals surface area contributed by atoms with Crippen LogP contribution in [-0.4, -0.2) is 65.5 Å². The number of hydrogen-bond acceptors (Lipinski definition) is 7. The maximum absolute atomic E-state index is 13.6. The molecule has 2 N–H and O–H groups in total. The third-order valence-corrected chi connectivity index (χ3v) is 8.22. The second kappa shape index (κ2) is 12.0. The Bertz CT molecular complexity index is 1500.